The van der Waals surface area contributed by atoms with Gasteiger partial charge in [0.1, 0.15) is 11.4 Å². The molecule has 0 aromatic heterocycles. The van der Waals surface area contributed by atoms with E-state index in [1.54, 1.807) is 0 Å². The molecule has 1 saturated carbocycles. The number of carbonyl (C=O) groups is 1. The van der Waals surface area contributed by atoms with E-state index in [2.05, 4.69) is 0 Å². The molecule has 16 heavy (non-hydrogen) atoms. The van der Waals surface area contributed by atoms with Crippen LogP contribution in [0.2, 0.25) is 0 Å². The molecule has 1 aliphatic carbocycles. The van der Waals surface area contributed by atoms with Crippen LogP contribution in [-0.2, 0) is 0 Å². The lowest BCUT2D eigenvalue weighted by Crippen LogP contribution is -2.39. The SMILES string of the molecule is Cc1ccc2c(c1)OC1(CCCC1)CC2=O. The van der Waals surface area contributed by atoms with Gasteiger partial charge in [-0.2, -0.15) is 0 Å². The fraction of sp³-hybridized carbons (Fsp3) is 0.500. The van der Waals surface area contributed by atoms with Crippen LogP contribution in [0.25, 0.3) is 0 Å². The van der Waals surface area contributed by atoms with Gasteiger partial charge in [-0.05, 0) is 50.3 Å². The highest BCUT2D eigenvalue weighted by atomic mass is 16.5. The standard InChI is InChI=1S/C14H16O2/c1-10-4-5-11-12(15)9-14(6-2-3-7-14)16-13(11)8-10/h4-5,8H,2-3,6-7,9H2,1H3. The highest BCUT2D eigenvalue weighted by Crippen LogP contribution is 2.42. The quantitative estimate of drug-likeness (QED) is 0.665. The number of aryl methyl sites for hydroxylation is 1. The lowest BCUT2D eigenvalue weighted by atomic mass is 9.88. The van der Waals surface area contributed by atoms with Crippen molar-refractivity contribution >= 4 is 5.78 Å². The van der Waals surface area contributed by atoms with Gasteiger partial charge in [-0.15, -0.1) is 0 Å². The lowest BCUT2D eigenvalue weighted by molar-refractivity contribution is 0.0450. The van der Waals surface area contributed by atoms with Gasteiger partial charge >= 0.3 is 0 Å². The van der Waals surface area contributed by atoms with E-state index in [1.165, 1.54) is 12.8 Å². The topological polar surface area (TPSA) is 26.3 Å². The second-order valence-corrected chi connectivity index (χ2v) is 5.09. The zero-order valence-corrected chi connectivity index (χ0v) is 9.58. The van der Waals surface area contributed by atoms with Gasteiger partial charge in [-0.3, -0.25) is 4.79 Å². The molecule has 3 rings (SSSR count). The molecule has 1 aromatic carbocycles. The largest absolute Gasteiger partial charge is 0.486 e. The van der Waals surface area contributed by atoms with Gasteiger partial charge in [-0.1, -0.05) is 6.07 Å². The molecule has 1 spiro atoms. The predicted octanol–water partition coefficient (Wildman–Crippen LogP) is 3.27. The average Bonchev–Trinajstić information content (AvgIpc) is 2.65. The summed E-state index contributed by atoms with van der Waals surface area (Å²) in [6.45, 7) is 2.03. The van der Waals surface area contributed by atoms with E-state index in [1.807, 2.05) is 25.1 Å². The van der Waals surface area contributed by atoms with Crippen LogP contribution in [-0.4, -0.2) is 11.4 Å². The first-order valence-electron chi connectivity index (χ1n) is 6.01. The van der Waals surface area contributed by atoms with Crippen molar-refractivity contribution in [3.63, 3.8) is 0 Å². The summed E-state index contributed by atoms with van der Waals surface area (Å²) in [5.74, 6) is 1.06. The van der Waals surface area contributed by atoms with E-state index < -0.39 is 0 Å². The van der Waals surface area contributed by atoms with Crippen LogP contribution < -0.4 is 4.74 Å². The minimum absolute atomic E-state index is 0.169. The number of ether oxygens (including phenoxy) is 1. The number of hydrogen-bond acceptors (Lipinski definition) is 2. The van der Waals surface area contributed by atoms with Crippen molar-refractivity contribution in [1.29, 1.82) is 0 Å². The summed E-state index contributed by atoms with van der Waals surface area (Å²) in [5.41, 5.74) is 1.75. The molecule has 0 amide bonds. The Morgan fingerprint density at radius 2 is 2.00 bits per heavy atom. The summed E-state index contributed by atoms with van der Waals surface area (Å²) < 4.78 is 6.11. The minimum Gasteiger partial charge on any atom is -0.486 e. The van der Waals surface area contributed by atoms with Crippen LogP contribution in [0.5, 0.6) is 5.75 Å². The van der Waals surface area contributed by atoms with Gasteiger partial charge in [0.25, 0.3) is 0 Å². The Kier molecular flexibility index (Phi) is 2.06. The third-order valence-electron chi connectivity index (χ3n) is 3.76. The van der Waals surface area contributed by atoms with E-state index in [0.29, 0.717) is 6.42 Å². The molecule has 0 saturated heterocycles. The molecule has 0 radical (unpaired) electrons. The summed E-state index contributed by atoms with van der Waals surface area (Å²) in [7, 11) is 0. The maximum absolute atomic E-state index is 12.1. The summed E-state index contributed by atoms with van der Waals surface area (Å²) >= 11 is 0. The summed E-state index contributed by atoms with van der Waals surface area (Å²) in [6.07, 6.45) is 5.02. The first kappa shape index (κ1) is 9.88. The number of rotatable bonds is 0. The van der Waals surface area contributed by atoms with E-state index in [9.17, 15) is 4.79 Å². The molecule has 2 aliphatic rings. The van der Waals surface area contributed by atoms with Crippen LogP contribution in [0.1, 0.15) is 48.0 Å². The van der Waals surface area contributed by atoms with Crippen molar-refractivity contribution in [2.45, 2.75) is 44.6 Å². The molecule has 1 aromatic rings. The first-order valence-corrected chi connectivity index (χ1v) is 6.01. The minimum atomic E-state index is -0.169. The number of fused-ring (bicyclic) bond motifs is 1. The Morgan fingerprint density at radius 1 is 1.25 bits per heavy atom. The number of hydrogen-bond donors (Lipinski definition) is 0. The summed E-state index contributed by atoms with van der Waals surface area (Å²) in [6, 6.07) is 5.87. The van der Waals surface area contributed by atoms with Crippen LogP contribution in [0.15, 0.2) is 18.2 Å². The van der Waals surface area contributed by atoms with E-state index in [-0.39, 0.29) is 11.4 Å². The molecule has 1 heterocycles. The van der Waals surface area contributed by atoms with Crippen LogP contribution >= 0.6 is 0 Å². The van der Waals surface area contributed by atoms with Crippen LogP contribution in [0.3, 0.4) is 0 Å². The zero-order chi connectivity index (χ0) is 11.2. The van der Waals surface area contributed by atoms with Crippen molar-refractivity contribution in [1.82, 2.24) is 0 Å². The third-order valence-corrected chi connectivity index (χ3v) is 3.76. The number of ketones is 1. The third kappa shape index (κ3) is 1.44. The highest BCUT2D eigenvalue weighted by Gasteiger charge is 2.42. The van der Waals surface area contributed by atoms with E-state index in [0.717, 1.165) is 29.7 Å². The fourth-order valence-corrected chi connectivity index (χ4v) is 2.90. The highest BCUT2D eigenvalue weighted by molar-refractivity contribution is 6.00. The molecule has 1 aliphatic heterocycles. The maximum atomic E-state index is 12.1. The first-order chi connectivity index (χ1) is 7.69. The summed E-state index contributed by atoms with van der Waals surface area (Å²) in [4.78, 5) is 12.1. The van der Waals surface area contributed by atoms with Gasteiger partial charge in [0.2, 0.25) is 0 Å². The molecule has 0 unspecified atom stereocenters. The zero-order valence-electron chi connectivity index (χ0n) is 9.58. The molecule has 2 heteroatoms. The van der Waals surface area contributed by atoms with Gasteiger partial charge in [0.15, 0.2) is 5.78 Å². The predicted molar refractivity (Wildman–Crippen MR) is 62.0 cm³/mol. The smallest absolute Gasteiger partial charge is 0.170 e. The van der Waals surface area contributed by atoms with Crippen molar-refractivity contribution in [3.8, 4) is 5.75 Å². The normalized spacial score (nSPS) is 21.9. The van der Waals surface area contributed by atoms with Crippen LogP contribution in [0.4, 0.5) is 0 Å². The number of Topliss-reactive ketones (excluding diaryl/α,β-unsaturated/α-hetero) is 1. The molecule has 0 N–H and O–H groups in total. The van der Waals surface area contributed by atoms with Gasteiger partial charge < -0.3 is 4.74 Å². The Morgan fingerprint density at radius 3 is 2.75 bits per heavy atom. The van der Waals surface area contributed by atoms with E-state index in [4.69, 9.17) is 4.74 Å². The van der Waals surface area contributed by atoms with E-state index >= 15 is 0 Å². The average molecular weight is 216 g/mol. The second kappa shape index (κ2) is 3.34. The summed E-state index contributed by atoms with van der Waals surface area (Å²) in [5, 5.41) is 0. The van der Waals surface area contributed by atoms with Gasteiger partial charge in [0.05, 0.1) is 12.0 Å². The number of benzene rings is 1. The van der Waals surface area contributed by atoms with Crippen molar-refractivity contribution in [3.05, 3.63) is 29.3 Å². The molecule has 0 bridgehead atoms. The molecule has 84 valence electrons. The fourth-order valence-electron chi connectivity index (χ4n) is 2.90. The lowest BCUT2D eigenvalue weighted by Gasteiger charge is -2.34. The van der Waals surface area contributed by atoms with Crippen molar-refractivity contribution in [2.75, 3.05) is 0 Å². The van der Waals surface area contributed by atoms with Crippen molar-refractivity contribution in [2.24, 2.45) is 0 Å². The Balaban J connectivity index is 2.03. The van der Waals surface area contributed by atoms with Gasteiger partial charge in [-0.25, -0.2) is 0 Å². The number of carbonyl (C=O) groups excluding carboxylic acids is 1. The Hall–Kier alpha value is -1.31. The molecule has 2 nitrogen and oxygen atoms in total. The second-order valence-electron chi connectivity index (χ2n) is 5.09. The van der Waals surface area contributed by atoms with Gasteiger partial charge in [0, 0.05) is 0 Å². The Bertz CT molecular complexity index is 442. The monoisotopic (exact) mass is 216 g/mol. The maximum Gasteiger partial charge on any atom is 0.170 e. The van der Waals surface area contributed by atoms with Crippen LogP contribution in [0, 0.1) is 6.92 Å². The molecular formula is C14H16O2. The van der Waals surface area contributed by atoms with Crippen molar-refractivity contribution < 1.29 is 9.53 Å². The molecule has 0 atom stereocenters. The molecular weight excluding hydrogens is 200 g/mol. The molecule has 1 fully saturated rings. The Labute approximate surface area is 95.6 Å².